The molecule has 0 N–H and O–H groups in total. The van der Waals surface area contributed by atoms with Crippen LogP contribution >= 0.6 is 0 Å². The summed E-state index contributed by atoms with van der Waals surface area (Å²) in [7, 11) is 0. The minimum absolute atomic E-state index is 0.595. The van der Waals surface area contributed by atoms with Crippen LogP contribution in [0.4, 0.5) is 0 Å². The predicted molar refractivity (Wildman–Crippen MR) is 59.7 cm³/mol. The van der Waals surface area contributed by atoms with Crippen LogP contribution in [0.5, 0.6) is 0 Å². The molecule has 0 aromatic carbocycles. The molecule has 0 spiro atoms. The average molecular weight is 182 g/mol. The SMILES string of the molecule is CCCC(C)(C(C)C)C1CC1(C)C. The molecule has 0 aliphatic heterocycles. The standard InChI is InChI=1S/C13H26/c1-7-8-13(6,10(2)3)11-9-12(11,4)5/h10-11H,7-9H2,1-6H3. The molecule has 1 rings (SSSR count). The van der Waals surface area contributed by atoms with Crippen LogP contribution in [0, 0.1) is 22.7 Å². The van der Waals surface area contributed by atoms with Gasteiger partial charge >= 0.3 is 0 Å². The summed E-state index contributed by atoms with van der Waals surface area (Å²) >= 11 is 0. The molecule has 2 unspecified atom stereocenters. The third-order valence-corrected chi connectivity index (χ3v) is 4.42. The molecule has 0 radical (unpaired) electrons. The zero-order valence-electron chi connectivity index (χ0n) is 10.3. The van der Waals surface area contributed by atoms with Gasteiger partial charge in [0.25, 0.3) is 0 Å². The van der Waals surface area contributed by atoms with E-state index in [9.17, 15) is 0 Å². The second-order valence-corrected chi connectivity index (χ2v) is 6.16. The first-order valence-corrected chi connectivity index (χ1v) is 5.84. The lowest BCUT2D eigenvalue weighted by Crippen LogP contribution is -2.27. The molecule has 0 aromatic rings. The van der Waals surface area contributed by atoms with Crippen LogP contribution in [-0.4, -0.2) is 0 Å². The maximum atomic E-state index is 2.50. The summed E-state index contributed by atoms with van der Waals surface area (Å²) < 4.78 is 0. The Labute approximate surface area is 84.1 Å². The van der Waals surface area contributed by atoms with Crippen LogP contribution in [0.25, 0.3) is 0 Å². The van der Waals surface area contributed by atoms with Crippen LogP contribution < -0.4 is 0 Å². The third kappa shape index (κ3) is 1.92. The van der Waals surface area contributed by atoms with E-state index in [1.165, 1.54) is 19.3 Å². The largest absolute Gasteiger partial charge is 0.0654 e. The van der Waals surface area contributed by atoms with E-state index in [4.69, 9.17) is 0 Å². The van der Waals surface area contributed by atoms with Gasteiger partial charge in [-0.1, -0.05) is 48.0 Å². The van der Waals surface area contributed by atoms with Gasteiger partial charge in [-0.3, -0.25) is 0 Å². The lowest BCUT2D eigenvalue weighted by atomic mass is 9.70. The van der Waals surface area contributed by atoms with Crippen LogP contribution in [0.3, 0.4) is 0 Å². The number of hydrogen-bond acceptors (Lipinski definition) is 0. The first-order valence-electron chi connectivity index (χ1n) is 5.84. The maximum absolute atomic E-state index is 2.50. The lowest BCUT2D eigenvalue weighted by molar-refractivity contribution is 0.138. The Kier molecular flexibility index (Phi) is 2.81. The molecule has 0 heteroatoms. The Morgan fingerprint density at radius 2 is 1.85 bits per heavy atom. The zero-order chi connectivity index (χ0) is 10.3. The monoisotopic (exact) mass is 182 g/mol. The van der Waals surface area contributed by atoms with E-state index in [0.29, 0.717) is 10.8 Å². The summed E-state index contributed by atoms with van der Waals surface area (Å²) in [5, 5.41) is 0. The molecule has 1 saturated carbocycles. The van der Waals surface area contributed by atoms with Crippen LogP contribution in [0.1, 0.15) is 60.8 Å². The number of rotatable bonds is 4. The third-order valence-electron chi connectivity index (χ3n) is 4.42. The average Bonchev–Trinajstić information content (AvgIpc) is 2.60. The summed E-state index contributed by atoms with van der Waals surface area (Å²) in [4.78, 5) is 0. The Bertz CT molecular complexity index is 178. The van der Waals surface area contributed by atoms with E-state index in [1.54, 1.807) is 0 Å². The normalized spacial score (nSPS) is 30.2. The van der Waals surface area contributed by atoms with Gasteiger partial charge in [-0.2, -0.15) is 0 Å². The van der Waals surface area contributed by atoms with Crippen molar-refractivity contribution in [3.05, 3.63) is 0 Å². The van der Waals surface area contributed by atoms with Crippen LogP contribution in [-0.2, 0) is 0 Å². The predicted octanol–water partition coefficient (Wildman–Crippen LogP) is 4.49. The maximum Gasteiger partial charge on any atom is -0.0269 e. The van der Waals surface area contributed by atoms with E-state index in [1.807, 2.05) is 0 Å². The molecule has 2 atom stereocenters. The van der Waals surface area contributed by atoms with E-state index < -0.39 is 0 Å². The topological polar surface area (TPSA) is 0 Å². The second-order valence-electron chi connectivity index (χ2n) is 6.16. The highest BCUT2D eigenvalue weighted by atomic mass is 14.6. The highest BCUT2D eigenvalue weighted by Gasteiger charge is 2.55. The Morgan fingerprint density at radius 1 is 1.38 bits per heavy atom. The van der Waals surface area contributed by atoms with Crippen LogP contribution in [0.15, 0.2) is 0 Å². The molecule has 0 amide bonds. The first kappa shape index (κ1) is 11.1. The molecule has 78 valence electrons. The van der Waals surface area contributed by atoms with Crippen molar-refractivity contribution in [3.63, 3.8) is 0 Å². The molecule has 0 aromatic heterocycles. The Hall–Kier alpha value is 0. The quantitative estimate of drug-likeness (QED) is 0.600. The molecule has 0 saturated heterocycles. The highest BCUT2D eigenvalue weighted by Crippen LogP contribution is 2.64. The zero-order valence-corrected chi connectivity index (χ0v) is 10.3. The summed E-state index contributed by atoms with van der Waals surface area (Å²) in [5.41, 5.74) is 1.23. The molecule has 1 aliphatic rings. The van der Waals surface area contributed by atoms with Crippen molar-refractivity contribution in [1.82, 2.24) is 0 Å². The molecular weight excluding hydrogens is 156 g/mol. The van der Waals surface area contributed by atoms with Gasteiger partial charge in [-0.05, 0) is 35.5 Å². The van der Waals surface area contributed by atoms with Gasteiger partial charge in [-0.25, -0.2) is 0 Å². The van der Waals surface area contributed by atoms with Crippen molar-refractivity contribution < 1.29 is 0 Å². The molecule has 0 bridgehead atoms. The fourth-order valence-electron chi connectivity index (χ4n) is 3.00. The number of hydrogen-bond donors (Lipinski definition) is 0. The summed E-state index contributed by atoms with van der Waals surface area (Å²) in [5.74, 6) is 1.80. The van der Waals surface area contributed by atoms with Crippen molar-refractivity contribution in [3.8, 4) is 0 Å². The van der Waals surface area contributed by atoms with Gasteiger partial charge in [0.15, 0.2) is 0 Å². The van der Waals surface area contributed by atoms with E-state index >= 15 is 0 Å². The summed E-state index contributed by atoms with van der Waals surface area (Å²) in [6.45, 7) is 14.5. The van der Waals surface area contributed by atoms with Crippen molar-refractivity contribution >= 4 is 0 Å². The van der Waals surface area contributed by atoms with E-state index in [0.717, 1.165) is 11.8 Å². The smallest absolute Gasteiger partial charge is 0.0269 e. The van der Waals surface area contributed by atoms with Crippen LogP contribution in [0.2, 0.25) is 0 Å². The van der Waals surface area contributed by atoms with Crippen molar-refractivity contribution in [2.24, 2.45) is 22.7 Å². The van der Waals surface area contributed by atoms with Gasteiger partial charge < -0.3 is 0 Å². The van der Waals surface area contributed by atoms with Crippen molar-refractivity contribution in [1.29, 1.82) is 0 Å². The molecule has 0 heterocycles. The summed E-state index contributed by atoms with van der Waals surface area (Å²) in [6.07, 6.45) is 4.18. The van der Waals surface area contributed by atoms with Gasteiger partial charge in [0.2, 0.25) is 0 Å². The second kappa shape index (κ2) is 3.29. The summed E-state index contributed by atoms with van der Waals surface area (Å²) in [6, 6.07) is 0. The van der Waals surface area contributed by atoms with E-state index in [-0.39, 0.29) is 0 Å². The minimum Gasteiger partial charge on any atom is -0.0654 e. The van der Waals surface area contributed by atoms with Gasteiger partial charge in [0, 0.05) is 0 Å². The fourth-order valence-corrected chi connectivity index (χ4v) is 3.00. The van der Waals surface area contributed by atoms with Crippen molar-refractivity contribution in [2.75, 3.05) is 0 Å². The lowest BCUT2D eigenvalue weighted by Gasteiger charge is -2.35. The highest BCUT2D eigenvalue weighted by molar-refractivity contribution is 5.05. The Balaban J connectivity index is 2.69. The van der Waals surface area contributed by atoms with Gasteiger partial charge in [0.1, 0.15) is 0 Å². The van der Waals surface area contributed by atoms with Crippen molar-refractivity contribution in [2.45, 2.75) is 60.8 Å². The first-order chi connectivity index (χ1) is 5.84. The van der Waals surface area contributed by atoms with E-state index in [2.05, 4.69) is 41.5 Å². The molecule has 13 heavy (non-hydrogen) atoms. The Morgan fingerprint density at radius 3 is 2.08 bits per heavy atom. The van der Waals surface area contributed by atoms with Gasteiger partial charge in [-0.15, -0.1) is 0 Å². The molecule has 0 nitrogen and oxygen atoms in total. The molecule has 1 aliphatic carbocycles. The molecule has 1 fully saturated rings. The molecular formula is C13H26. The fraction of sp³-hybridized carbons (Fsp3) is 1.00. The van der Waals surface area contributed by atoms with Gasteiger partial charge in [0.05, 0.1) is 0 Å². The minimum atomic E-state index is 0.595.